The van der Waals surface area contributed by atoms with E-state index in [4.69, 9.17) is 14.2 Å². The predicted octanol–water partition coefficient (Wildman–Crippen LogP) is 4.11. The maximum atomic E-state index is 13.0. The third-order valence-corrected chi connectivity index (χ3v) is 5.84. The minimum atomic E-state index is -1.39. The molecule has 2 rings (SSSR count). The molecule has 2 aromatic rings. The van der Waals surface area contributed by atoms with Crippen LogP contribution in [0.1, 0.15) is 19.8 Å². The normalized spacial score (nSPS) is 11.9. The number of carbonyl (C=O) groups excluding carboxylic acids is 1. The van der Waals surface area contributed by atoms with E-state index in [1.54, 1.807) is 25.2 Å². The Morgan fingerprint density at radius 2 is 1.83 bits per heavy atom. The summed E-state index contributed by atoms with van der Waals surface area (Å²) in [5.41, 5.74) is 0.554. The van der Waals surface area contributed by atoms with Gasteiger partial charge in [-0.2, -0.15) is 0 Å². The first-order valence-electron chi connectivity index (χ1n) is 9.81. The molecule has 0 fully saturated rings. The summed E-state index contributed by atoms with van der Waals surface area (Å²) in [6, 6.07) is 14.1. The number of anilines is 1. The van der Waals surface area contributed by atoms with Gasteiger partial charge in [-0.3, -0.25) is 0 Å². The first-order valence-corrected chi connectivity index (χ1v) is 11.0. The van der Waals surface area contributed by atoms with Gasteiger partial charge in [0.25, 0.3) is 0 Å². The Kier molecular flexibility index (Phi) is 9.79. The van der Waals surface area contributed by atoms with E-state index in [1.165, 1.54) is 19.1 Å². The van der Waals surface area contributed by atoms with Crippen LogP contribution < -0.4 is 10.1 Å². The number of nitrogens with zero attached hydrogens (tertiary/aromatic N) is 1. The fourth-order valence-corrected chi connectivity index (χ4v) is 3.77. The maximum absolute atomic E-state index is 13.0. The number of amides is 2. The number of nitrogens with one attached hydrogen (secondary N) is 1. The summed E-state index contributed by atoms with van der Waals surface area (Å²) in [6.45, 7) is 2.86. The number of carbonyl (C=O) groups is 1. The van der Waals surface area contributed by atoms with Crippen molar-refractivity contribution in [1.29, 1.82) is 0 Å². The number of unbranched alkanes of at least 4 members (excludes halogenated alkanes) is 1. The maximum Gasteiger partial charge on any atom is 0.321 e. The van der Waals surface area contributed by atoms with Crippen LogP contribution in [-0.2, 0) is 20.3 Å². The predicted molar refractivity (Wildman–Crippen MR) is 117 cm³/mol. The monoisotopic (exact) mass is 434 g/mol. The van der Waals surface area contributed by atoms with Gasteiger partial charge in [0.15, 0.2) is 6.29 Å². The molecule has 0 radical (unpaired) electrons. The Balaban J connectivity index is 2.20. The largest absolute Gasteiger partial charge is 0.492 e. The van der Waals surface area contributed by atoms with Crippen LogP contribution in [0.5, 0.6) is 5.75 Å². The molecule has 0 saturated heterocycles. The molecule has 164 valence electrons. The lowest BCUT2D eigenvalue weighted by molar-refractivity contribution is -0.108. The standard InChI is InChI=1S/C22H30N2O5S/c1-5-6-14-29-19-15-17(23-22(25)24(2)16-21(27-3)28-4)12-13-20(19)30(26)18-10-8-7-9-11-18/h7-13,15,21H,5-6,14,16H2,1-4H3,(H,23,25). The molecule has 0 heterocycles. The topological polar surface area (TPSA) is 77.1 Å². The van der Waals surface area contributed by atoms with Crippen molar-refractivity contribution in [1.82, 2.24) is 4.90 Å². The zero-order chi connectivity index (χ0) is 21.9. The molecule has 30 heavy (non-hydrogen) atoms. The lowest BCUT2D eigenvalue weighted by Crippen LogP contribution is -2.38. The van der Waals surface area contributed by atoms with Gasteiger partial charge in [0.1, 0.15) is 5.75 Å². The molecule has 2 aromatic carbocycles. The highest BCUT2D eigenvalue weighted by Crippen LogP contribution is 2.30. The summed E-state index contributed by atoms with van der Waals surface area (Å²) in [5, 5.41) is 2.83. The van der Waals surface area contributed by atoms with Crippen LogP contribution in [-0.4, -0.2) is 55.8 Å². The van der Waals surface area contributed by atoms with Gasteiger partial charge in [0.05, 0.1) is 28.8 Å². The average Bonchev–Trinajstić information content (AvgIpc) is 2.77. The van der Waals surface area contributed by atoms with Gasteiger partial charge in [-0.15, -0.1) is 0 Å². The van der Waals surface area contributed by atoms with E-state index >= 15 is 0 Å². The molecule has 0 aliphatic heterocycles. The molecule has 1 unspecified atom stereocenters. The minimum Gasteiger partial charge on any atom is -0.492 e. The van der Waals surface area contributed by atoms with Gasteiger partial charge >= 0.3 is 6.03 Å². The van der Waals surface area contributed by atoms with E-state index in [2.05, 4.69) is 12.2 Å². The Morgan fingerprint density at radius 1 is 1.13 bits per heavy atom. The molecule has 1 N–H and O–H groups in total. The van der Waals surface area contributed by atoms with Gasteiger partial charge in [-0.25, -0.2) is 9.00 Å². The van der Waals surface area contributed by atoms with Crippen molar-refractivity contribution in [3.05, 3.63) is 48.5 Å². The Hall–Kier alpha value is -2.42. The highest BCUT2D eigenvalue weighted by Gasteiger charge is 2.18. The second-order valence-electron chi connectivity index (χ2n) is 6.66. The third kappa shape index (κ3) is 6.83. The number of benzene rings is 2. The smallest absolute Gasteiger partial charge is 0.321 e. The molecule has 8 heteroatoms. The van der Waals surface area contributed by atoms with Gasteiger partial charge in [-0.05, 0) is 30.7 Å². The van der Waals surface area contributed by atoms with Crippen molar-refractivity contribution in [3.8, 4) is 5.75 Å². The van der Waals surface area contributed by atoms with Gasteiger partial charge in [-0.1, -0.05) is 31.5 Å². The number of hydrogen-bond acceptors (Lipinski definition) is 5. The van der Waals surface area contributed by atoms with Crippen LogP contribution in [0.2, 0.25) is 0 Å². The average molecular weight is 435 g/mol. The second-order valence-corrected chi connectivity index (χ2v) is 8.11. The van der Waals surface area contributed by atoms with E-state index < -0.39 is 17.1 Å². The van der Waals surface area contributed by atoms with Gasteiger partial charge in [0.2, 0.25) is 0 Å². The molecular weight excluding hydrogens is 404 g/mol. The molecule has 0 bridgehead atoms. The number of urea groups is 1. The molecule has 0 spiro atoms. The first kappa shape index (κ1) is 23.9. The van der Waals surface area contributed by atoms with Crippen LogP contribution in [0.3, 0.4) is 0 Å². The molecule has 0 aromatic heterocycles. The Bertz CT molecular complexity index is 828. The summed E-state index contributed by atoms with van der Waals surface area (Å²) in [7, 11) is 3.30. The van der Waals surface area contributed by atoms with E-state index in [1.807, 2.05) is 30.3 Å². The minimum absolute atomic E-state index is 0.273. The number of rotatable bonds is 11. The molecular formula is C22H30N2O5S. The van der Waals surface area contributed by atoms with Crippen molar-refractivity contribution in [3.63, 3.8) is 0 Å². The molecule has 0 aliphatic carbocycles. The van der Waals surface area contributed by atoms with Crippen molar-refractivity contribution in [2.75, 3.05) is 39.7 Å². The van der Waals surface area contributed by atoms with Crippen LogP contribution >= 0.6 is 0 Å². The lowest BCUT2D eigenvalue weighted by Gasteiger charge is -2.22. The Morgan fingerprint density at radius 3 is 2.47 bits per heavy atom. The van der Waals surface area contributed by atoms with E-state index in [-0.39, 0.29) is 12.6 Å². The van der Waals surface area contributed by atoms with E-state index in [0.29, 0.717) is 27.8 Å². The molecule has 2 amide bonds. The highest BCUT2D eigenvalue weighted by atomic mass is 32.2. The Labute approximate surface area is 180 Å². The van der Waals surface area contributed by atoms with Crippen molar-refractivity contribution >= 4 is 22.5 Å². The van der Waals surface area contributed by atoms with Gasteiger partial charge < -0.3 is 24.4 Å². The fraction of sp³-hybridized carbons (Fsp3) is 0.409. The highest BCUT2D eigenvalue weighted by molar-refractivity contribution is 7.85. The fourth-order valence-electron chi connectivity index (χ4n) is 2.62. The summed E-state index contributed by atoms with van der Waals surface area (Å²) in [6.07, 6.45) is 1.36. The van der Waals surface area contributed by atoms with E-state index in [0.717, 1.165) is 12.8 Å². The summed E-state index contributed by atoms with van der Waals surface area (Å²) < 4.78 is 29.2. The zero-order valence-corrected chi connectivity index (χ0v) is 18.7. The molecule has 0 aliphatic rings. The van der Waals surface area contributed by atoms with E-state index in [9.17, 15) is 9.00 Å². The lowest BCUT2D eigenvalue weighted by atomic mass is 10.3. The summed E-state index contributed by atoms with van der Waals surface area (Å²) in [5.74, 6) is 0.498. The zero-order valence-electron chi connectivity index (χ0n) is 17.9. The second kappa shape index (κ2) is 12.3. The molecule has 7 nitrogen and oxygen atoms in total. The van der Waals surface area contributed by atoms with Crippen LogP contribution in [0.4, 0.5) is 10.5 Å². The van der Waals surface area contributed by atoms with Crippen LogP contribution in [0.25, 0.3) is 0 Å². The summed E-state index contributed by atoms with van der Waals surface area (Å²) >= 11 is 0. The third-order valence-electron chi connectivity index (χ3n) is 4.40. The van der Waals surface area contributed by atoms with Gasteiger partial charge in [0, 0.05) is 37.9 Å². The first-order chi connectivity index (χ1) is 14.5. The van der Waals surface area contributed by atoms with Crippen LogP contribution in [0.15, 0.2) is 58.3 Å². The number of methoxy groups -OCH3 is 2. The summed E-state index contributed by atoms with van der Waals surface area (Å²) in [4.78, 5) is 15.2. The van der Waals surface area contributed by atoms with Crippen molar-refractivity contribution in [2.24, 2.45) is 0 Å². The number of likely N-dealkylation sites (N-methyl/N-ethyl adjacent to an activating group) is 1. The van der Waals surface area contributed by atoms with Crippen LogP contribution in [0, 0.1) is 0 Å². The quantitative estimate of drug-likeness (QED) is 0.425. The number of hydrogen-bond donors (Lipinski definition) is 1. The number of ether oxygens (including phenoxy) is 3. The van der Waals surface area contributed by atoms with Crippen molar-refractivity contribution < 1.29 is 23.2 Å². The molecule has 0 saturated carbocycles. The molecule has 1 atom stereocenters. The van der Waals surface area contributed by atoms with Crippen molar-refractivity contribution in [2.45, 2.75) is 35.8 Å². The SMILES string of the molecule is CCCCOc1cc(NC(=O)N(C)CC(OC)OC)ccc1S(=O)c1ccccc1.